The second-order valence-electron chi connectivity index (χ2n) is 2.87. The van der Waals surface area contributed by atoms with Gasteiger partial charge in [0.15, 0.2) is 6.29 Å². The molecule has 0 atom stereocenters. The van der Waals surface area contributed by atoms with E-state index in [2.05, 4.69) is 6.92 Å². The summed E-state index contributed by atoms with van der Waals surface area (Å²) in [5.74, 6) is 0. The van der Waals surface area contributed by atoms with E-state index in [4.69, 9.17) is 9.47 Å². The Morgan fingerprint density at radius 2 is 1.82 bits per heavy atom. The van der Waals surface area contributed by atoms with Gasteiger partial charge in [-0.2, -0.15) is 0 Å². The van der Waals surface area contributed by atoms with Crippen LogP contribution < -0.4 is 0 Å². The largest absolute Gasteiger partial charge is 0.350 e. The van der Waals surface area contributed by atoms with Crippen molar-refractivity contribution in [2.45, 2.75) is 38.4 Å². The quantitative estimate of drug-likeness (QED) is 0.569. The molecule has 1 saturated heterocycles. The zero-order valence-corrected chi connectivity index (χ0v) is 7.05. The molecule has 0 aromatic heterocycles. The third-order valence-corrected chi connectivity index (χ3v) is 1.88. The van der Waals surface area contributed by atoms with Crippen LogP contribution in [0.3, 0.4) is 0 Å². The lowest BCUT2D eigenvalue weighted by Gasteiger charge is -2.07. The molecule has 1 radical (unpaired) electrons. The molecule has 0 aliphatic carbocycles. The Morgan fingerprint density at radius 3 is 2.45 bits per heavy atom. The van der Waals surface area contributed by atoms with Crippen LogP contribution in [-0.4, -0.2) is 19.5 Å². The van der Waals surface area contributed by atoms with E-state index < -0.39 is 0 Å². The second kappa shape index (κ2) is 5.56. The first-order valence-electron chi connectivity index (χ1n) is 4.46. The highest BCUT2D eigenvalue weighted by molar-refractivity contribution is 4.53. The molecule has 0 aromatic carbocycles. The van der Waals surface area contributed by atoms with Crippen molar-refractivity contribution in [1.82, 2.24) is 0 Å². The molecule has 65 valence electrons. The molecule has 0 saturated carbocycles. The van der Waals surface area contributed by atoms with Crippen molar-refractivity contribution in [1.29, 1.82) is 0 Å². The van der Waals surface area contributed by atoms with Gasteiger partial charge in [0.25, 0.3) is 0 Å². The van der Waals surface area contributed by atoms with Gasteiger partial charge < -0.3 is 9.47 Å². The van der Waals surface area contributed by atoms with Crippen molar-refractivity contribution in [3.05, 3.63) is 6.92 Å². The summed E-state index contributed by atoms with van der Waals surface area (Å²) in [5, 5.41) is 0. The molecular formula is C9H17O2. The van der Waals surface area contributed by atoms with Crippen molar-refractivity contribution in [3.63, 3.8) is 0 Å². The van der Waals surface area contributed by atoms with Gasteiger partial charge >= 0.3 is 0 Å². The molecule has 1 rings (SSSR count). The minimum absolute atomic E-state index is 0.0971. The van der Waals surface area contributed by atoms with Crippen LogP contribution in [0.25, 0.3) is 0 Å². The average molecular weight is 157 g/mol. The fourth-order valence-corrected chi connectivity index (χ4v) is 1.24. The van der Waals surface area contributed by atoms with Gasteiger partial charge in [0.05, 0.1) is 13.2 Å². The van der Waals surface area contributed by atoms with Crippen molar-refractivity contribution < 1.29 is 9.47 Å². The van der Waals surface area contributed by atoms with Gasteiger partial charge in [-0.25, -0.2) is 0 Å². The predicted octanol–water partition coefficient (Wildman–Crippen LogP) is 2.14. The summed E-state index contributed by atoms with van der Waals surface area (Å²) in [6, 6.07) is 0. The van der Waals surface area contributed by atoms with Gasteiger partial charge in [-0.15, -0.1) is 0 Å². The Labute approximate surface area is 68.9 Å². The molecule has 1 aliphatic rings. The molecule has 1 aliphatic heterocycles. The summed E-state index contributed by atoms with van der Waals surface area (Å²) in [6.07, 6.45) is 5.89. The summed E-state index contributed by atoms with van der Waals surface area (Å²) >= 11 is 0. The van der Waals surface area contributed by atoms with Crippen LogP contribution in [0.4, 0.5) is 0 Å². The third kappa shape index (κ3) is 3.73. The van der Waals surface area contributed by atoms with E-state index in [1.54, 1.807) is 0 Å². The Bertz CT molecular complexity index is 87.6. The number of rotatable bonds is 5. The summed E-state index contributed by atoms with van der Waals surface area (Å²) in [6.45, 7) is 5.35. The van der Waals surface area contributed by atoms with Crippen molar-refractivity contribution >= 4 is 0 Å². The van der Waals surface area contributed by atoms with Crippen molar-refractivity contribution in [2.75, 3.05) is 13.2 Å². The monoisotopic (exact) mass is 157 g/mol. The lowest BCUT2D eigenvalue weighted by Crippen LogP contribution is -2.06. The zero-order chi connectivity index (χ0) is 7.94. The highest BCUT2D eigenvalue weighted by Gasteiger charge is 2.14. The van der Waals surface area contributed by atoms with E-state index in [0.29, 0.717) is 0 Å². The highest BCUT2D eigenvalue weighted by Crippen LogP contribution is 2.12. The number of hydrogen-bond donors (Lipinski definition) is 0. The average Bonchev–Trinajstić information content (AvgIpc) is 2.50. The third-order valence-electron chi connectivity index (χ3n) is 1.88. The first-order valence-corrected chi connectivity index (χ1v) is 4.46. The maximum absolute atomic E-state index is 5.30. The van der Waals surface area contributed by atoms with Crippen LogP contribution in [0.2, 0.25) is 0 Å². The molecular weight excluding hydrogens is 140 g/mol. The van der Waals surface area contributed by atoms with E-state index in [1.165, 1.54) is 19.3 Å². The highest BCUT2D eigenvalue weighted by atomic mass is 16.7. The standard InChI is InChI=1S/C9H17O2/c1-2-3-4-5-6-9-10-7-8-11-9/h9H,1-8H2. The molecule has 0 bridgehead atoms. The number of hydrogen-bond acceptors (Lipinski definition) is 2. The lowest BCUT2D eigenvalue weighted by molar-refractivity contribution is -0.0479. The minimum Gasteiger partial charge on any atom is -0.350 e. The maximum Gasteiger partial charge on any atom is 0.157 e. The fraction of sp³-hybridized carbons (Fsp3) is 0.889. The van der Waals surface area contributed by atoms with Crippen LogP contribution in [0.15, 0.2) is 0 Å². The first-order chi connectivity index (χ1) is 5.43. The van der Waals surface area contributed by atoms with Gasteiger partial charge in [0.2, 0.25) is 0 Å². The summed E-state index contributed by atoms with van der Waals surface area (Å²) in [4.78, 5) is 0. The van der Waals surface area contributed by atoms with E-state index in [-0.39, 0.29) is 6.29 Å². The molecule has 0 aromatic rings. The zero-order valence-electron chi connectivity index (χ0n) is 7.05. The van der Waals surface area contributed by atoms with Crippen LogP contribution in [-0.2, 0) is 9.47 Å². The fourth-order valence-electron chi connectivity index (χ4n) is 1.24. The van der Waals surface area contributed by atoms with E-state index in [0.717, 1.165) is 26.1 Å². The Morgan fingerprint density at radius 1 is 1.09 bits per heavy atom. The minimum atomic E-state index is 0.0971. The van der Waals surface area contributed by atoms with E-state index in [9.17, 15) is 0 Å². The molecule has 2 heteroatoms. The van der Waals surface area contributed by atoms with Crippen LogP contribution >= 0.6 is 0 Å². The predicted molar refractivity (Wildman–Crippen MR) is 44.1 cm³/mol. The lowest BCUT2D eigenvalue weighted by atomic mass is 10.1. The van der Waals surface area contributed by atoms with Gasteiger partial charge in [0.1, 0.15) is 0 Å². The summed E-state index contributed by atoms with van der Waals surface area (Å²) < 4.78 is 10.6. The summed E-state index contributed by atoms with van der Waals surface area (Å²) in [7, 11) is 0. The molecule has 0 amide bonds. The van der Waals surface area contributed by atoms with E-state index >= 15 is 0 Å². The SMILES string of the molecule is [CH2]CCCCCC1OCCO1. The molecule has 2 nitrogen and oxygen atoms in total. The molecule has 11 heavy (non-hydrogen) atoms. The van der Waals surface area contributed by atoms with Crippen molar-refractivity contribution in [3.8, 4) is 0 Å². The van der Waals surface area contributed by atoms with Gasteiger partial charge in [-0.1, -0.05) is 26.2 Å². The van der Waals surface area contributed by atoms with Gasteiger partial charge in [-0.3, -0.25) is 0 Å². The van der Waals surface area contributed by atoms with Crippen LogP contribution in [0, 0.1) is 6.92 Å². The Balaban J connectivity index is 1.86. The van der Waals surface area contributed by atoms with Crippen molar-refractivity contribution in [2.24, 2.45) is 0 Å². The first kappa shape index (κ1) is 9.01. The molecule has 1 fully saturated rings. The molecule has 1 heterocycles. The Hall–Kier alpha value is -0.0800. The smallest absolute Gasteiger partial charge is 0.157 e. The normalized spacial score (nSPS) is 19.4. The number of unbranched alkanes of at least 4 members (excludes halogenated alkanes) is 3. The Kier molecular flexibility index (Phi) is 4.55. The van der Waals surface area contributed by atoms with E-state index in [1.807, 2.05) is 0 Å². The molecule has 0 spiro atoms. The van der Waals surface area contributed by atoms with Crippen LogP contribution in [0.5, 0.6) is 0 Å². The van der Waals surface area contributed by atoms with Gasteiger partial charge in [0, 0.05) is 0 Å². The molecule has 0 unspecified atom stereocenters. The maximum atomic E-state index is 5.30. The topological polar surface area (TPSA) is 18.5 Å². The number of ether oxygens (including phenoxy) is 2. The van der Waals surface area contributed by atoms with Gasteiger partial charge in [-0.05, 0) is 12.8 Å². The van der Waals surface area contributed by atoms with Crippen LogP contribution in [0.1, 0.15) is 32.1 Å². The molecule has 0 N–H and O–H groups in total. The summed E-state index contributed by atoms with van der Waals surface area (Å²) in [5.41, 5.74) is 0. The second-order valence-corrected chi connectivity index (χ2v) is 2.87.